The largest absolute Gasteiger partial charge is 0.426 e. The first-order valence-electron chi connectivity index (χ1n) is 11.4. The number of hydrogen-bond acceptors (Lipinski definition) is 4. The Hall–Kier alpha value is -2.34. The molecule has 31 heavy (non-hydrogen) atoms. The second kappa shape index (κ2) is 9.03. The van der Waals surface area contributed by atoms with Crippen LogP contribution in [-0.4, -0.2) is 21.4 Å². The summed E-state index contributed by atoms with van der Waals surface area (Å²) < 4.78 is 9.02. The maximum atomic E-state index is 12.7. The van der Waals surface area contributed by atoms with E-state index in [1.54, 1.807) is 0 Å². The van der Waals surface area contributed by atoms with Crippen LogP contribution in [0.3, 0.4) is 0 Å². The van der Waals surface area contributed by atoms with E-state index in [9.17, 15) is 4.79 Å². The molecule has 6 heteroatoms. The summed E-state index contributed by atoms with van der Waals surface area (Å²) in [7, 11) is 0. The van der Waals surface area contributed by atoms with Crippen molar-refractivity contribution in [2.75, 3.05) is 5.32 Å². The SMILES string of the molecule is O=C(Oc1ccccc1-c1nc2ccc(Br)cn2c1NC1CCCCC1)C1CCCC1. The molecule has 3 aromatic rings. The summed E-state index contributed by atoms with van der Waals surface area (Å²) in [5.41, 5.74) is 2.55. The standard InChI is InChI=1S/C25H28BrN3O2/c26-18-14-15-22-28-23(24(29(22)16-18)27-19-10-2-1-3-11-19)20-12-6-7-13-21(20)31-25(30)17-8-4-5-9-17/h6-7,12-17,19,27H,1-5,8-11H2. The number of carbonyl (C=O) groups excluding carboxylic acids is 1. The molecule has 0 amide bonds. The number of nitrogens with zero attached hydrogens (tertiary/aromatic N) is 2. The van der Waals surface area contributed by atoms with E-state index < -0.39 is 0 Å². The summed E-state index contributed by atoms with van der Waals surface area (Å²) in [5.74, 6) is 1.46. The van der Waals surface area contributed by atoms with Gasteiger partial charge in [0, 0.05) is 22.3 Å². The van der Waals surface area contributed by atoms with Crippen molar-refractivity contribution in [1.29, 1.82) is 0 Å². The third-order valence-corrected chi connectivity index (χ3v) is 7.04. The molecular weight excluding hydrogens is 454 g/mol. The van der Waals surface area contributed by atoms with E-state index in [1.807, 2.05) is 42.6 Å². The first kappa shape index (κ1) is 20.6. The molecule has 1 aromatic carbocycles. The van der Waals surface area contributed by atoms with Gasteiger partial charge in [0.2, 0.25) is 0 Å². The Labute approximate surface area is 191 Å². The number of esters is 1. The highest BCUT2D eigenvalue weighted by atomic mass is 79.9. The zero-order valence-corrected chi connectivity index (χ0v) is 19.2. The Morgan fingerprint density at radius 2 is 1.74 bits per heavy atom. The normalized spacial score (nSPS) is 17.8. The molecule has 0 bridgehead atoms. The Bertz CT molecular complexity index is 1080. The zero-order chi connectivity index (χ0) is 21.2. The first-order chi connectivity index (χ1) is 15.2. The number of para-hydroxylation sites is 1. The highest BCUT2D eigenvalue weighted by molar-refractivity contribution is 9.10. The summed E-state index contributed by atoms with van der Waals surface area (Å²) in [5, 5.41) is 3.77. The lowest BCUT2D eigenvalue weighted by Crippen LogP contribution is -2.23. The Morgan fingerprint density at radius 1 is 1.00 bits per heavy atom. The number of benzene rings is 1. The summed E-state index contributed by atoms with van der Waals surface area (Å²) in [6, 6.07) is 12.2. The fourth-order valence-corrected chi connectivity index (χ4v) is 5.23. The van der Waals surface area contributed by atoms with Crippen LogP contribution in [0.5, 0.6) is 5.75 Å². The minimum Gasteiger partial charge on any atom is -0.426 e. The van der Waals surface area contributed by atoms with Crippen molar-refractivity contribution in [2.45, 2.75) is 63.8 Å². The highest BCUT2D eigenvalue weighted by Crippen LogP contribution is 2.38. The third-order valence-electron chi connectivity index (χ3n) is 6.57. The number of rotatable bonds is 5. The summed E-state index contributed by atoms with van der Waals surface area (Å²) >= 11 is 3.60. The molecule has 0 aliphatic heterocycles. The average Bonchev–Trinajstić information content (AvgIpc) is 3.44. The van der Waals surface area contributed by atoms with Gasteiger partial charge in [-0.15, -0.1) is 0 Å². The lowest BCUT2D eigenvalue weighted by Gasteiger charge is -2.24. The molecule has 2 aliphatic rings. The van der Waals surface area contributed by atoms with Crippen LogP contribution < -0.4 is 10.1 Å². The van der Waals surface area contributed by atoms with Crippen molar-refractivity contribution in [3.63, 3.8) is 0 Å². The van der Waals surface area contributed by atoms with Crippen molar-refractivity contribution in [3.05, 3.63) is 47.1 Å². The number of carbonyl (C=O) groups is 1. The molecule has 162 valence electrons. The summed E-state index contributed by atoms with van der Waals surface area (Å²) in [6.07, 6.45) is 12.3. The number of pyridine rings is 1. The van der Waals surface area contributed by atoms with Gasteiger partial charge in [0.05, 0.1) is 5.92 Å². The topological polar surface area (TPSA) is 55.6 Å². The van der Waals surface area contributed by atoms with Crippen LogP contribution in [0.15, 0.2) is 47.1 Å². The number of ether oxygens (including phenoxy) is 1. The molecule has 5 nitrogen and oxygen atoms in total. The molecule has 0 atom stereocenters. The van der Waals surface area contributed by atoms with Gasteiger partial charge in [0.1, 0.15) is 22.9 Å². The smallest absolute Gasteiger partial charge is 0.314 e. The van der Waals surface area contributed by atoms with Crippen LogP contribution in [0.2, 0.25) is 0 Å². The lowest BCUT2D eigenvalue weighted by atomic mass is 9.95. The van der Waals surface area contributed by atoms with Crippen LogP contribution in [0.1, 0.15) is 57.8 Å². The number of halogens is 1. The van der Waals surface area contributed by atoms with Crippen LogP contribution in [-0.2, 0) is 4.79 Å². The van der Waals surface area contributed by atoms with Gasteiger partial charge in [-0.05, 0) is 65.9 Å². The number of imidazole rings is 1. The Balaban J connectivity index is 1.55. The molecular formula is C25H28BrN3O2. The summed E-state index contributed by atoms with van der Waals surface area (Å²) in [6.45, 7) is 0. The second-order valence-electron chi connectivity index (χ2n) is 8.76. The lowest BCUT2D eigenvalue weighted by molar-refractivity contribution is -0.138. The fourth-order valence-electron chi connectivity index (χ4n) is 4.89. The van der Waals surface area contributed by atoms with Crippen molar-refractivity contribution in [2.24, 2.45) is 5.92 Å². The predicted molar refractivity (Wildman–Crippen MR) is 126 cm³/mol. The van der Waals surface area contributed by atoms with E-state index in [4.69, 9.17) is 9.72 Å². The molecule has 0 saturated heterocycles. The molecule has 2 aliphatic carbocycles. The van der Waals surface area contributed by atoms with Gasteiger partial charge >= 0.3 is 5.97 Å². The molecule has 0 radical (unpaired) electrons. The minimum absolute atomic E-state index is 0.0184. The highest BCUT2D eigenvalue weighted by Gasteiger charge is 2.27. The molecule has 0 unspecified atom stereocenters. The van der Waals surface area contributed by atoms with Gasteiger partial charge in [0.15, 0.2) is 0 Å². The van der Waals surface area contributed by atoms with Gasteiger partial charge in [-0.3, -0.25) is 9.20 Å². The van der Waals surface area contributed by atoms with Gasteiger partial charge < -0.3 is 10.1 Å². The number of hydrogen-bond donors (Lipinski definition) is 1. The third kappa shape index (κ3) is 4.36. The number of nitrogens with one attached hydrogen (secondary N) is 1. The van der Waals surface area contributed by atoms with Crippen molar-refractivity contribution < 1.29 is 9.53 Å². The van der Waals surface area contributed by atoms with Crippen LogP contribution >= 0.6 is 15.9 Å². The van der Waals surface area contributed by atoms with E-state index in [-0.39, 0.29) is 11.9 Å². The van der Waals surface area contributed by atoms with Gasteiger partial charge in [0.25, 0.3) is 0 Å². The number of anilines is 1. The Morgan fingerprint density at radius 3 is 2.55 bits per heavy atom. The zero-order valence-electron chi connectivity index (χ0n) is 17.6. The number of aromatic nitrogens is 2. The monoisotopic (exact) mass is 481 g/mol. The van der Waals surface area contributed by atoms with Crippen LogP contribution in [0, 0.1) is 5.92 Å². The molecule has 1 N–H and O–H groups in total. The van der Waals surface area contributed by atoms with E-state index >= 15 is 0 Å². The molecule has 2 heterocycles. The van der Waals surface area contributed by atoms with E-state index in [2.05, 4.69) is 25.6 Å². The van der Waals surface area contributed by atoms with E-state index in [0.717, 1.165) is 52.9 Å². The maximum Gasteiger partial charge on any atom is 0.314 e. The molecule has 2 aromatic heterocycles. The second-order valence-corrected chi connectivity index (χ2v) is 9.68. The summed E-state index contributed by atoms with van der Waals surface area (Å²) in [4.78, 5) is 17.7. The number of fused-ring (bicyclic) bond motifs is 1. The molecule has 0 spiro atoms. The predicted octanol–water partition coefficient (Wildman–Crippen LogP) is 6.60. The molecule has 2 fully saturated rings. The van der Waals surface area contributed by atoms with E-state index in [0.29, 0.717) is 11.8 Å². The fraction of sp³-hybridized carbons (Fsp3) is 0.440. The first-order valence-corrected chi connectivity index (χ1v) is 12.2. The molecule has 2 saturated carbocycles. The van der Waals surface area contributed by atoms with Gasteiger partial charge in [-0.1, -0.05) is 44.2 Å². The van der Waals surface area contributed by atoms with Crippen LogP contribution in [0.25, 0.3) is 16.9 Å². The maximum absolute atomic E-state index is 12.7. The Kier molecular flexibility index (Phi) is 5.99. The van der Waals surface area contributed by atoms with Crippen molar-refractivity contribution in [1.82, 2.24) is 9.38 Å². The van der Waals surface area contributed by atoms with Crippen molar-refractivity contribution >= 4 is 33.4 Å². The molecule has 5 rings (SSSR count). The van der Waals surface area contributed by atoms with E-state index in [1.165, 1.54) is 32.1 Å². The minimum atomic E-state index is -0.113. The quantitative estimate of drug-likeness (QED) is 0.329. The van der Waals surface area contributed by atoms with Gasteiger partial charge in [-0.2, -0.15) is 0 Å². The average molecular weight is 482 g/mol. The van der Waals surface area contributed by atoms with Crippen molar-refractivity contribution in [3.8, 4) is 17.0 Å². The van der Waals surface area contributed by atoms with Crippen LogP contribution in [0.4, 0.5) is 5.82 Å². The van der Waals surface area contributed by atoms with Gasteiger partial charge in [-0.25, -0.2) is 4.98 Å².